The summed E-state index contributed by atoms with van der Waals surface area (Å²) in [6.07, 6.45) is 0. The number of hydrogen-bond donors (Lipinski definition) is 3. The third-order valence-electron chi connectivity index (χ3n) is 2.12. The Morgan fingerprint density at radius 1 is 1.12 bits per heavy atom. The van der Waals surface area contributed by atoms with Crippen LogP contribution in [0.3, 0.4) is 0 Å². The zero-order chi connectivity index (χ0) is 12.0. The maximum atomic E-state index is 11.5. The molecule has 5 heteroatoms. The van der Waals surface area contributed by atoms with E-state index < -0.39 is 0 Å². The van der Waals surface area contributed by atoms with E-state index in [1.165, 1.54) is 0 Å². The number of likely N-dealkylation sites (N-methyl/N-ethyl adjacent to an activating group) is 1. The van der Waals surface area contributed by atoms with Gasteiger partial charge in [0.05, 0.1) is 12.1 Å². The first-order valence-corrected chi connectivity index (χ1v) is 4.94. The van der Waals surface area contributed by atoms with Gasteiger partial charge in [-0.25, -0.2) is 0 Å². The summed E-state index contributed by atoms with van der Waals surface area (Å²) in [6, 6.07) is 7.03. The smallest absolute Gasteiger partial charge is 0.253 e. The van der Waals surface area contributed by atoms with Crippen molar-refractivity contribution in [3.63, 3.8) is 0 Å². The normalized spacial score (nSPS) is 9.38. The van der Waals surface area contributed by atoms with E-state index in [0.717, 1.165) is 0 Å². The average molecular weight is 221 g/mol. The third kappa shape index (κ3) is 2.98. The van der Waals surface area contributed by atoms with Crippen molar-refractivity contribution in [1.29, 1.82) is 0 Å². The van der Waals surface area contributed by atoms with Crippen LogP contribution >= 0.6 is 0 Å². The fraction of sp³-hybridized carbons (Fsp3) is 0.273. The Balaban J connectivity index is 2.79. The zero-order valence-corrected chi connectivity index (χ0v) is 9.33. The molecule has 0 atom stereocenters. The van der Waals surface area contributed by atoms with E-state index >= 15 is 0 Å². The van der Waals surface area contributed by atoms with E-state index in [0.29, 0.717) is 11.3 Å². The molecule has 0 bridgehead atoms. The molecule has 86 valence electrons. The van der Waals surface area contributed by atoms with Gasteiger partial charge in [-0.3, -0.25) is 9.59 Å². The summed E-state index contributed by atoms with van der Waals surface area (Å²) in [5.74, 6) is -0.313. The van der Waals surface area contributed by atoms with Crippen LogP contribution in [0, 0.1) is 0 Å². The molecule has 1 rings (SSSR count). The Morgan fingerprint density at radius 3 is 2.44 bits per heavy atom. The van der Waals surface area contributed by atoms with Crippen LogP contribution in [0.4, 0.5) is 5.69 Å². The van der Waals surface area contributed by atoms with Crippen molar-refractivity contribution in [1.82, 2.24) is 10.6 Å². The lowest BCUT2D eigenvalue weighted by Gasteiger charge is -2.10. The Labute approximate surface area is 94.2 Å². The Kier molecular flexibility index (Phi) is 4.32. The van der Waals surface area contributed by atoms with Crippen molar-refractivity contribution in [2.45, 2.75) is 0 Å². The number of carbonyl (C=O) groups is 2. The first-order valence-electron chi connectivity index (χ1n) is 4.94. The summed E-state index contributed by atoms with van der Waals surface area (Å²) in [7, 11) is 3.13. The molecule has 0 fully saturated rings. The molecule has 3 N–H and O–H groups in total. The second-order valence-corrected chi connectivity index (χ2v) is 3.15. The minimum absolute atomic E-state index is 0.133. The van der Waals surface area contributed by atoms with Gasteiger partial charge in [-0.05, 0) is 12.1 Å². The molecule has 0 saturated carbocycles. The van der Waals surface area contributed by atoms with Gasteiger partial charge in [0.1, 0.15) is 0 Å². The highest BCUT2D eigenvalue weighted by Gasteiger charge is 2.09. The van der Waals surface area contributed by atoms with Crippen molar-refractivity contribution in [2.24, 2.45) is 0 Å². The van der Waals surface area contributed by atoms with E-state index in [-0.39, 0.29) is 18.4 Å². The number of amides is 2. The van der Waals surface area contributed by atoms with Crippen LogP contribution in [0.15, 0.2) is 24.3 Å². The summed E-state index contributed by atoms with van der Waals surface area (Å²) in [5.41, 5.74) is 1.17. The zero-order valence-electron chi connectivity index (χ0n) is 9.33. The number of nitrogens with one attached hydrogen (secondary N) is 3. The standard InChI is InChI=1S/C11H15N3O2/c1-12-10(15)7-14-9-6-4-3-5-8(9)11(16)13-2/h3-6,14H,7H2,1-2H3,(H,12,15)(H,13,16). The lowest BCUT2D eigenvalue weighted by molar-refractivity contribution is -0.118. The molecule has 0 heterocycles. The third-order valence-corrected chi connectivity index (χ3v) is 2.12. The van der Waals surface area contributed by atoms with Crippen molar-refractivity contribution in [3.8, 4) is 0 Å². The van der Waals surface area contributed by atoms with Crippen LogP contribution in [0.1, 0.15) is 10.4 Å². The molecule has 5 nitrogen and oxygen atoms in total. The van der Waals surface area contributed by atoms with Gasteiger partial charge < -0.3 is 16.0 Å². The monoisotopic (exact) mass is 221 g/mol. The highest BCUT2D eigenvalue weighted by Crippen LogP contribution is 2.14. The first kappa shape index (κ1) is 12.0. The summed E-state index contributed by atoms with van der Waals surface area (Å²) in [4.78, 5) is 22.6. The van der Waals surface area contributed by atoms with Crippen LogP contribution in [-0.2, 0) is 4.79 Å². The predicted molar refractivity (Wildman–Crippen MR) is 62.4 cm³/mol. The molecule has 0 spiro atoms. The second-order valence-electron chi connectivity index (χ2n) is 3.15. The predicted octanol–water partition coefficient (Wildman–Crippen LogP) is 0.204. The van der Waals surface area contributed by atoms with Crippen LogP contribution in [0.2, 0.25) is 0 Å². The molecule has 0 saturated heterocycles. The SMILES string of the molecule is CNC(=O)CNc1ccccc1C(=O)NC. The minimum Gasteiger partial charge on any atom is -0.376 e. The van der Waals surface area contributed by atoms with E-state index in [2.05, 4.69) is 16.0 Å². The second kappa shape index (κ2) is 5.75. The highest BCUT2D eigenvalue weighted by atomic mass is 16.2. The van der Waals surface area contributed by atoms with Crippen LogP contribution in [0.5, 0.6) is 0 Å². The number of benzene rings is 1. The van der Waals surface area contributed by atoms with E-state index in [9.17, 15) is 9.59 Å². The van der Waals surface area contributed by atoms with Crippen LogP contribution in [0.25, 0.3) is 0 Å². The van der Waals surface area contributed by atoms with E-state index in [1.807, 2.05) is 0 Å². The fourth-order valence-electron chi connectivity index (χ4n) is 1.23. The lowest BCUT2D eigenvalue weighted by atomic mass is 10.1. The van der Waals surface area contributed by atoms with Gasteiger partial charge in [0.25, 0.3) is 5.91 Å². The quantitative estimate of drug-likeness (QED) is 0.680. The van der Waals surface area contributed by atoms with Crippen molar-refractivity contribution in [2.75, 3.05) is 26.0 Å². The molecule has 0 aromatic heterocycles. The van der Waals surface area contributed by atoms with E-state index in [1.54, 1.807) is 38.4 Å². The number of carbonyl (C=O) groups excluding carboxylic acids is 2. The topological polar surface area (TPSA) is 70.2 Å². The molecule has 0 aliphatic carbocycles. The van der Waals surface area contributed by atoms with Gasteiger partial charge in [0.2, 0.25) is 5.91 Å². The van der Waals surface area contributed by atoms with Crippen LogP contribution in [-0.4, -0.2) is 32.5 Å². The van der Waals surface area contributed by atoms with Crippen molar-refractivity contribution < 1.29 is 9.59 Å². The lowest BCUT2D eigenvalue weighted by Crippen LogP contribution is -2.27. The number of para-hydroxylation sites is 1. The molecule has 0 radical (unpaired) electrons. The molecule has 0 aliphatic heterocycles. The van der Waals surface area contributed by atoms with E-state index in [4.69, 9.17) is 0 Å². The summed E-state index contributed by atoms with van der Waals surface area (Å²) >= 11 is 0. The molecule has 1 aromatic rings. The number of anilines is 1. The Morgan fingerprint density at radius 2 is 1.81 bits per heavy atom. The Bertz CT molecular complexity index is 391. The van der Waals surface area contributed by atoms with Gasteiger partial charge in [0, 0.05) is 19.8 Å². The minimum atomic E-state index is -0.181. The first-order chi connectivity index (χ1) is 7.69. The summed E-state index contributed by atoms with van der Waals surface area (Å²) < 4.78 is 0. The molecule has 2 amide bonds. The molecule has 1 aromatic carbocycles. The highest BCUT2D eigenvalue weighted by molar-refractivity contribution is 5.99. The molecular weight excluding hydrogens is 206 g/mol. The molecular formula is C11H15N3O2. The van der Waals surface area contributed by atoms with Crippen LogP contribution < -0.4 is 16.0 Å². The average Bonchev–Trinajstić information content (AvgIpc) is 2.35. The van der Waals surface area contributed by atoms with Gasteiger partial charge in [0.15, 0.2) is 0 Å². The Hall–Kier alpha value is -2.04. The summed E-state index contributed by atoms with van der Waals surface area (Å²) in [5, 5.41) is 7.95. The number of hydrogen-bond acceptors (Lipinski definition) is 3. The molecule has 16 heavy (non-hydrogen) atoms. The molecule has 0 unspecified atom stereocenters. The van der Waals surface area contributed by atoms with Crippen molar-refractivity contribution in [3.05, 3.63) is 29.8 Å². The molecule has 0 aliphatic rings. The van der Waals surface area contributed by atoms with Crippen molar-refractivity contribution >= 4 is 17.5 Å². The number of rotatable bonds is 4. The van der Waals surface area contributed by atoms with Gasteiger partial charge >= 0.3 is 0 Å². The summed E-state index contributed by atoms with van der Waals surface area (Å²) in [6.45, 7) is 0.143. The maximum Gasteiger partial charge on any atom is 0.253 e. The van der Waals surface area contributed by atoms with Gasteiger partial charge in [-0.1, -0.05) is 12.1 Å². The van der Waals surface area contributed by atoms with Gasteiger partial charge in [-0.2, -0.15) is 0 Å². The van der Waals surface area contributed by atoms with Gasteiger partial charge in [-0.15, -0.1) is 0 Å². The largest absolute Gasteiger partial charge is 0.376 e. The fourth-order valence-corrected chi connectivity index (χ4v) is 1.23. The maximum absolute atomic E-state index is 11.5.